The van der Waals surface area contributed by atoms with E-state index in [0.717, 1.165) is 12.8 Å². The fourth-order valence-electron chi connectivity index (χ4n) is 4.20. The lowest BCUT2D eigenvalue weighted by atomic mass is 9.71. The molecular weight excluding hydrogens is 334 g/mol. The molecular formula is C20H29NO5. The van der Waals surface area contributed by atoms with E-state index in [1.807, 2.05) is 26.8 Å². The Morgan fingerprint density at radius 2 is 1.96 bits per heavy atom. The second-order valence-corrected chi connectivity index (χ2v) is 8.36. The minimum atomic E-state index is -0.583. The van der Waals surface area contributed by atoms with Crippen LogP contribution in [0.15, 0.2) is 22.8 Å². The number of amides is 1. The van der Waals surface area contributed by atoms with Gasteiger partial charge in [0.25, 0.3) is 0 Å². The number of rotatable bonds is 3. The lowest BCUT2D eigenvalue weighted by Crippen LogP contribution is -2.51. The first-order valence-electron chi connectivity index (χ1n) is 9.56. The highest BCUT2D eigenvalue weighted by Gasteiger charge is 2.46. The van der Waals surface area contributed by atoms with Crippen LogP contribution in [-0.2, 0) is 14.3 Å². The van der Waals surface area contributed by atoms with Crippen LogP contribution < -0.4 is 5.32 Å². The van der Waals surface area contributed by atoms with Crippen LogP contribution in [-0.4, -0.2) is 23.7 Å². The lowest BCUT2D eigenvalue weighted by molar-refractivity contribution is -0.166. The monoisotopic (exact) mass is 363 g/mol. The Hall–Kier alpha value is -1.98. The van der Waals surface area contributed by atoms with E-state index in [-0.39, 0.29) is 24.3 Å². The van der Waals surface area contributed by atoms with Crippen molar-refractivity contribution in [3.63, 3.8) is 0 Å². The van der Waals surface area contributed by atoms with Crippen LogP contribution in [0.4, 0.5) is 4.79 Å². The third-order valence-corrected chi connectivity index (χ3v) is 5.18. The number of carbonyl (C=O) groups excluding carboxylic acids is 2. The number of alkyl carbamates (subject to hydrolysis) is 1. The largest absolute Gasteiger partial charge is 0.465 e. The average molecular weight is 363 g/mol. The number of hydrogen-bond acceptors (Lipinski definition) is 5. The predicted molar refractivity (Wildman–Crippen MR) is 95.4 cm³/mol. The molecule has 1 amide bonds. The molecule has 0 spiro atoms. The summed E-state index contributed by atoms with van der Waals surface area (Å²) in [5, 5.41) is 2.94. The molecule has 1 aromatic heterocycles. The second kappa shape index (κ2) is 7.72. The standard InChI is InChI=1S/C20H29NO5/c1-20(2,3)26-19(23)21-14-12-16(22)25-18(15-10-7-11-24-15)17(14)13-8-5-4-6-9-13/h7,10-11,13-14,17-18H,4-6,8-9,12H2,1-3H3,(H,21,23)/t14-,17-,18+/m1/s1. The predicted octanol–water partition coefficient (Wildman–Crippen LogP) is 4.36. The molecule has 1 saturated heterocycles. The summed E-state index contributed by atoms with van der Waals surface area (Å²) in [6.45, 7) is 5.48. The van der Waals surface area contributed by atoms with E-state index in [4.69, 9.17) is 13.9 Å². The van der Waals surface area contributed by atoms with Crippen LogP contribution in [0.25, 0.3) is 0 Å². The average Bonchev–Trinajstić information content (AvgIpc) is 3.07. The first kappa shape index (κ1) is 18.8. The Labute approximate surface area is 154 Å². The van der Waals surface area contributed by atoms with Crippen molar-refractivity contribution in [2.45, 2.75) is 77.0 Å². The van der Waals surface area contributed by atoms with Crippen molar-refractivity contribution in [2.24, 2.45) is 11.8 Å². The van der Waals surface area contributed by atoms with Gasteiger partial charge in [-0.15, -0.1) is 0 Å². The quantitative estimate of drug-likeness (QED) is 0.808. The first-order valence-corrected chi connectivity index (χ1v) is 9.56. The van der Waals surface area contributed by atoms with E-state index in [2.05, 4.69) is 5.32 Å². The summed E-state index contributed by atoms with van der Waals surface area (Å²) in [6, 6.07) is 3.32. The molecule has 1 saturated carbocycles. The van der Waals surface area contributed by atoms with Crippen molar-refractivity contribution in [1.82, 2.24) is 5.32 Å². The summed E-state index contributed by atoms with van der Waals surface area (Å²) >= 11 is 0. The molecule has 0 radical (unpaired) electrons. The van der Waals surface area contributed by atoms with Crippen molar-refractivity contribution >= 4 is 12.1 Å². The third-order valence-electron chi connectivity index (χ3n) is 5.18. The van der Waals surface area contributed by atoms with Gasteiger partial charge < -0.3 is 19.2 Å². The normalized spacial score (nSPS) is 27.7. The van der Waals surface area contributed by atoms with Crippen LogP contribution in [0.5, 0.6) is 0 Å². The maximum atomic E-state index is 12.3. The van der Waals surface area contributed by atoms with Gasteiger partial charge in [0, 0.05) is 12.0 Å². The van der Waals surface area contributed by atoms with Crippen LogP contribution in [0.2, 0.25) is 0 Å². The van der Waals surface area contributed by atoms with Crippen molar-refractivity contribution in [2.75, 3.05) is 0 Å². The number of cyclic esters (lactones) is 1. The van der Waals surface area contributed by atoms with Gasteiger partial charge >= 0.3 is 12.1 Å². The third kappa shape index (κ3) is 4.59. The van der Waals surface area contributed by atoms with Crippen molar-refractivity contribution in [3.8, 4) is 0 Å². The van der Waals surface area contributed by atoms with Gasteiger partial charge in [-0.05, 0) is 51.7 Å². The fraction of sp³-hybridized carbons (Fsp3) is 0.700. The Bertz CT molecular complexity index is 613. The van der Waals surface area contributed by atoms with E-state index in [0.29, 0.717) is 11.7 Å². The van der Waals surface area contributed by atoms with Gasteiger partial charge in [-0.1, -0.05) is 19.3 Å². The molecule has 6 nitrogen and oxygen atoms in total. The Morgan fingerprint density at radius 1 is 1.23 bits per heavy atom. The van der Waals surface area contributed by atoms with Gasteiger partial charge in [-0.3, -0.25) is 4.79 Å². The van der Waals surface area contributed by atoms with Crippen LogP contribution in [0.1, 0.15) is 71.2 Å². The van der Waals surface area contributed by atoms with Gasteiger partial charge in [0.1, 0.15) is 11.4 Å². The van der Waals surface area contributed by atoms with Crippen LogP contribution >= 0.6 is 0 Å². The van der Waals surface area contributed by atoms with Crippen molar-refractivity contribution in [1.29, 1.82) is 0 Å². The summed E-state index contributed by atoms with van der Waals surface area (Å²) in [4.78, 5) is 24.6. The Kier molecular flexibility index (Phi) is 5.58. The number of carbonyl (C=O) groups is 2. The zero-order valence-corrected chi connectivity index (χ0v) is 15.8. The summed E-state index contributed by atoms with van der Waals surface area (Å²) < 4.78 is 16.7. The molecule has 1 aromatic rings. The molecule has 2 heterocycles. The molecule has 1 aliphatic heterocycles. The lowest BCUT2D eigenvalue weighted by Gasteiger charge is -2.42. The molecule has 26 heavy (non-hydrogen) atoms. The number of esters is 1. The molecule has 144 valence electrons. The van der Waals surface area contributed by atoms with Crippen molar-refractivity contribution < 1.29 is 23.5 Å². The highest BCUT2D eigenvalue weighted by Crippen LogP contribution is 2.44. The zero-order chi connectivity index (χ0) is 18.7. The summed E-state index contributed by atoms with van der Waals surface area (Å²) in [5.74, 6) is 0.697. The highest BCUT2D eigenvalue weighted by molar-refractivity contribution is 5.74. The van der Waals surface area contributed by atoms with E-state index < -0.39 is 17.8 Å². The Morgan fingerprint density at radius 3 is 2.58 bits per heavy atom. The minimum absolute atomic E-state index is 0.00771. The first-order chi connectivity index (χ1) is 12.3. The highest BCUT2D eigenvalue weighted by atomic mass is 16.6. The maximum absolute atomic E-state index is 12.3. The second-order valence-electron chi connectivity index (χ2n) is 8.36. The number of ether oxygens (including phenoxy) is 2. The Balaban J connectivity index is 1.83. The summed E-state index contributed by atoms with van der Waals surface area (Å²) in [7, 11) is 0. The van der Waals surface area contributed by atoms with Crippen molar-refractivity contribution in [3.05, 3.63) is 24.2 Å². The van der Waals surface area contributed by atoms with Gasteiger partial charge in [-0.2, -0.15) is 0 Å². The molecule has 2 fully saturated rings. The number of furan rings is 1. The van der Waals surface area contributed by atoms with E-state index >= 15 is 0 Å². The fourth-order valence-corrected chi connectivity index (χ4v) is 4.20. The maximum Gasteiger partial charge on any atom is 0.407 e. The SMILES string of the molecule is CC(C)(C)OC(=O)N[C@@H]1CC(=O)O[C@@H](c2ccco2)[C@@H]1C1CCCCC1. The molecule has 3 rings (SSSR count). The van der Waals surface area contributed by atoms with Crippen LogP contribution in [0.3, 0.4) is 0 Å². The smallest absolute Gasteiger partial charge is 0.407 e. The molecule has 1 aliphatic carbocycles. The summed E-state index contributed by atoms with van der Waals surface area (Å²) in [6.07, 6.45) is 6.52. The van der Waals surface area contributed by atoms with Crippen LogP contribution in [0, 0.1) is 11.8 Å². The van der Waals surface area contributed by atoms with Gasteiger partial charge in [-0.25, -0.2) is 4.79 Å². The van der Waals surface area contributed by atoms with E-state index in [9.17, 15) is 9.59 Å². The van der Waals surface area contributed by atoms with E-state index in [1.54, 1.807) is 12.3 Å². The van der Waals surface area contributed by atoms with Gasteiger partial charge in [0.2, 0.25) is 0 Å². The summed E-state index contributed by atoms with van der Waals surface area (Å²) in [5.41, 5.74) is -0.583. The molecule has 3 atom stereocenters. The molecule has 2 aliphatic rings. The molecule has 0 aromatic carbocycles. The van der Waals surface area contributed by atoms with Gasteiger partial charge in [0.15, 0.2) is 6.10 Å². The molecule has 6 heteroatoms. The minimum Gasteiger partial charge on any atom is -0.465 e. The number of nitrogens with one attached hydrogen (secondary N) is 1. The number of hydrogen-bond donors (Lipinski definition) is 1. The van der Waals surface area contributed by atoms with E-state index in [1.165, 1.54) is 19.3 Å². The molecule has 0 bridgehead atoms. The zero-order valence-electron chi connectivity index (χ0n) is 15.8. The molecule has 1 N–H and O–H groups in total. The topological polar surface area (TPSA) is 77.8 Å². The van der Waals surface area contributed by atoms with Gasteiger partial charge in [0.05, 0.1) is 12.7 Å². The molecule has 0 unspecified atom stereocenters.